The first kappa shape index (κ1) is 33.5. The Bertz CT molecular complexity index is 2420. The lowest BCUT2D eigenvalue weighted by molar-refractivity contribution is -0.0190. The van der Waals surface area contributed by atoms with Gasteiger partial charge in [0.1, 0.15) is 5.82 Å². The number of carboxylic acids is 1. The van der Waals surface area contributed by atoms with Gasteiger partial charge in [0.25, 0.3) is 16.4 Å². The molecule has 0 bridgehead atoms. The van der Waals surface area contributed by atoms with Gasteiger partial charge in [-0.2, -0.15) is 0 Å². The summed E-state index contributed by atoms with van der Waals surface area (Å²) in [6.07, 6.45) is -2.82. The molecule has 1 aromatic heterocycles. The molecule has 12 heteroatoms. The third kappa shape index (κ3) is 5.65. The summed E-state index contributed by atoms with van der Waals surface area (Å²) in [5.41, 5.74) is 0.173. The predicted octanol–water partition coefficient (Wildman–Crippen LogP) is 9.42. The molecule has 1 saturated heterocycles. The van der Waals surface area contributed by atoms with Crippen molar-refractivity contribution in [3.8, 4) is 33.5 Å². The Kier molecular flexibility index (Phi) is 8.32. The minimum absolute atomic E-state index is 0.0262. The third-order valence-electron chi connectivity index (χ3n) is 8.94. The van der Waals surface area contributed by atoms with E-state index in [1.165, 1.54) is 30.3 Å². The zero-order valence-electron chi connectivity index (χ0n) is 26.2. The van der Waals surface area contributed by atoms with Gasteiger partial charge < -0.3 is 5.11 Å². The minimum atomic E-state index is -4.58. The van der Waals surface area contributed by atoms with Gasteiger partial charge in [-0.15, -0.1) is 0 Å². The van der Waals surface area contributed by atoms with Crippen LogP contribution in [0.1, 0.15) is 27.9 Å². The molecule has 0 amide bonds. The van der Waals surface area contributed by atoms with Gasteiger partial charge in [0.15, 0.2) is 5.67 Å². The monoisotopic (exact) mass is 718 g/mol. The van der Waals surface area contributed by atoms with Crippen LogP contribution >= 0.6 is 11.6 Å². The lowest BCUT2D eigenvalue weighted by Gasteiger charge is -2.43. The summed E-state index contributed by atoms with van der Waals surface area (Å²) in [6.45, 7) is 0.170. The smallest absolute Gasteiger partial charge is 0.335 e. The van der Waals surface area contributed by atoms with Crippen molar-refractivity contribution in [2.75, 3.05) is 20.1 Å². The van der Waals surface area contributed by atoms with Crippen LogP contribution < -0.4 is 0 Å². The molecule has 0 aliphatic carbocycles. The third-order valence-corrected chi connectivity index (χ3v) is 11.0. The first-order chi connectivity index (χ1) is 23.8. The van der Waals surface area contributed by atoms with Crippen LogP contribution in [-0.4, -0.2) is 48.5 Å². The van der Waals surface area contributed by atoms with Crippen molar-refractivity contribution < 1.29 is 35.9 Å². The molecule has 6 aromatic rings. The number of fused-ring (bicyclic) bond motifs is 1. The fourth-order valence-corrected chi connectivity index (χ4v) is 8.53. The number of alkyl halides is 3. The van der Waals surface area contributed by atoms with Crippen molar-refractivity contribution in [2.45, 2.75) is 17.0 Å². The lowest BCUT2D eigenvalue weighted by atomic mass is 9.82. The van der Waals surface area contributed by atoms with Crippen molar-refractivity contribution in [2.24, 2.45) is 0 Å². The lowest BCUT2D eigenvalue weighted by Crippen LogP contribution is -2.54. The quantitative estimate of drug-likeness (QED) is 0.159. The molecule has 0 atom stereocenters. The van der Waals surface area contributed by atoms with E-state index in [1.807, 2.05) is 0 Å². The molecule has 1 N–H and O–H groups in total. The largest absolute Gasteiger partial charge is 0.478 e. The van der Waals surface area contributed by atoms with E-state index in [0.29, 0.717) is 27.8 Å². The summed E-state index contributed by atoms with van der Waals surface area (Å²) in [6, 6.07) is 25.4. The number of hydrogen-bond acceptors (Lipinski definition) is 4. The first-order valence-corrected chi connectivity index (χ1v) is 17.2. The van der Waals surface area contributed by atoms with E-state index in [9.17, 15) is 27.1 Å². The van der Waals surface area contributed by atoms with E-state index in [1.54, 1.807) is 60.5 Å². The number of benzene rings is 5. The molecular weight excluding hydrogens is 692 g/mol. The minimum Gasteiger partial charge on any atom is -0.478 e. The molecule has 5 aromatic carbocycles. The molecule has 254 valence electrons. The van der Waals surface area contributed by atoms with E-state index in [4.69, 9.17) is 11.6 Å². The maximum atomic E-state index is 16.5. The van der Waals surface area contributed by atoms with E-state index < -0.39 is 33.9 Å². The second kappa shape index (κ2) is 12.4. The topological polar surface area (TPSA) is 79.6 Å². The predicted molar refractivity (Wildman–Crippen MR) is 184 cm³/mol. The number of nitrogens with zero attached hydrogens (tertiary/aromatic N) is 2. The van der Waals surface area contributed by atoms with Gasteiger partial charge in [-0.3, -0.25) is 4.90 Å². The van der Waals surface area contributed by atoms with E-state index >= 15 is 8.78 Å². The van der Waals surface area contributed by atoms with Crippen molar-refractivity contribution in [3.05, 3.63) is 137 Å². The number of hydrogen-bond donors (Lipinski definition) is 1. The summed E-state index contributed by atoms with van der Waals surface area (Å²) in [5, 5.41) is 9.76. The fraction of sp³-hybridized carbons (Fsp3) is 0.132. The van der Waals surface area contributed by atoms with E-state index in [0.717, 1.165) is 34.3 Å². The maximum Gasteiger partial charge on any atom is 0.335 e. The number of carboxylic acid groups (broad SMARTS) is 1. The Hall–Kier alpha value is -4.97. The molecule has 50 heavy (non-hydrogen) atoms. The summed E-state index contributed by atoms with van der Waals surface area (Å²) in [7, 11) is -2.80. The van der Waals surface area contributed by atoms with Crippen molar-refractivity contribution in [3.63, 3.8) is 0 Å². The van der Waals surface area contributed by atoms with Crippen LogP contribution in [0.2, 0.25) is 5.02 Å². The van der Waals surface area contributed by atoms with Gasteiger partial charge in [-0.1, -0.05) is 72.3 Å². The second-order valence-corrected chi connectivity index (χ2v) is 14.5. The van der Waals surface area contributed by atoms with Crippen LogP contribution in [-0.2, 0) is 15.7 Å². The molecule has 2 heterocycles. The Morgan fingerprint density at radius 1 is 0.860 bits per heavy atom. The second-order valence-electron chi connectivity index (χ2n) is 12.3. The normalized spacial score (nSPS) is 14.6. The molecule has 0 saturated carbocycles. The first-order valence-electron chi connectivity index (χ1n) is 15.4. The van der Waals surface area contributed by atoms with Crippen LogP contribution in [0.25, 0.3) is 44.4 Å². The van der Waals surface area contributed by atoms with Crippen LogP contribution in [0, 0.1) is 5.82 Å². The molecular formula is C38H27ClF4N2O4S. The molecule has 6 nitrogen and oxygen atoms in total. The van der Waals surface area contributed by atoms with E-state index in [2.05, 4.69) is 0 Å². The maximum absolute atomic E-state index is 16.5. The van der Waals surface area contributed by atoms with Gasteiger partial charge >= 0.3 is 5.97 Å². The molecule has 1 aliphatic heterocycles. The number of likely N-dealkylation sites (N-methyl/N-ethyl adjacent to an activating group) is 1. The highest BCUT2D eigenvalue weighted by Gasteiger charge is 2.45. The number of carbonyl (C=O) groups is 1. The molecule has 0 spiro atoms. The number of likely N-dealkylation sites (tertiary alicyclic amines) is 1. The van der Waals surface area contributed by atoms with Crippen molar-refractivity contribution in [1.29, 1.82) is 0 Å². The number of halogens is 5. The molecule has 1 aliphatic rings. The van der Waals surface area contributed by atoms with Gasteiger partial charge in [-0.25, -0.2) is 34.7 Å². The standard InChI is InChI=1S/C38H27ClF4N2O4S/c1-44-20-38(43,21-44)31-8-3-2-7-29(31)34-30-19-26(40)12-16-33(30)45(50(48,49)27-13-9-22(10-14-27)36(41)42)35(34)24-6-4-5-23(17-24)28-15-11-25(37(46)47)18-32(28)39/h2-19,36H,20-21H2,1H3,(H,46,47). The van der Waals surface area contributed by atoms with Crippen molar-refractivity contribution in [1.82, 2.24) is 8.87 Å². The SMILES string of the molecule is CN1CC(F)(c2ccccc2-c2c(-c3cccc(-c4ccc(C(=O)O)cc4Cl)c3)n(S(=O)(=O)c3ccc(C(F)F)cc3)c3ccc(F)cc23)C1. The average molecular weight is 719 g/mol. The van der Waals surface area contributed by atoms with Crippen LogP contribution in [0.15, 0.2) is 114 Å². The summed E-state index contributed by atoms with van der Waals surface area (Å²) in [5.74, 6) is -1.82. The number of aromatic nitrogens is 1. The summed E-state index contributed by atoms with van der Waals surface area (Å²) < 4.78 is 88.9. The molecule has 0 unspecified atom stereocenters. The molecule has 7 rings (SSSR count). The summed E-state index contributed by atoms with van der Waals surface area (Å²) in [4.78, 5) is 13.1. The Labute approximate surface area is 289 Å². The fourth-order valence-electron chi connectivity index (χ4n) is 6.70. The number of rotatable bonds is 8. The average Bonchev–Trinajstić information content (AvgIpc) is 3.42. The van der Waals surface area contributed by atoms with Gasteiger partial charge in [0, 0.05) is 45.8 Å². The highest BCUT2D eigenvalue weighted by atomic mass is 35.5. The zero-order valence-corrected chi connectivity index (χ0v) is 27.8. The van der Waals surface area contributed by atoms with Crippen LogP contribution in [0.4, 0.5) is 17.6 Å². The van der Waals surface area contributed by atoms with E-state index in [-0.39, 0.29) is 56.3 Å². The van der Waals surface area contributed by atoms with Crippen molar-refractivity contribution >= 4 is 38.5 Å². The molecule has 1 fully saturated rings. The van der Waals surface area contributed by atoms with Gasteiger partial charge in [0.2, 0.25) is 0 Å². The van der Waals surface area contributed by atoms with Crippen LogP contribution in [0.3, 0.4) is 0 Å². The number of aromatic carboxylic acids is 1. The Morgan fingerprint density at radius 2 is 1.56 bits per heavy atom. The van der Waals surface area contributed by atoms with Gasteiger partial charge in [0.05, 0.1) is 21.7 Å². The highest BCUT2D eigenvalue weighted by molar-refractivity contribution is 7.90. The Morgan fingerprint density at radius 3 is 2.22 bits per heavy atom. The highest BCUT2D eigenvalue weighted by Crippen LogP contribution is 2.48. The summed E-state index contributed by atoms with van der Waals surface area (Å²) >= 11 is 6.53. The molecule has 0 radical (unpaired) electrons. The van der Waals surface area contributed by atoms with Gasteiger partial charge in [-0.05, 0) is 72.3 Å². The zero-order chi connectivity index (χ0) is 35.5. The van der Waals surface area contributed by atoms with Crippen LogP contribution in [0.5, 0.6) is 0 Å². The Balaban J connectivity index is 1.57.